The maximum absolute atomic E-state index is 11.9. The fourth-order valence-electron chi connectivity index (χ4n) is 2.44. The van der Waals surface area contributed by atoms with Crippen molar-refractivity contribution in [3.05, 3.63) is 35.9 Å². The summed E-state index contributed by atoms with van der Waals surface area (Å²) < 4.78 is 11.0. The third-order valence-electron chi connectivity index (χ3n) is 3.75. The van der Waals surface area contributed by atoms with Gasteiger partial charge in [-0.15, -0.1) is 24.0 Å². The number of carbonyl (C=O) groups excluding carboxylic acids is 1. The lowest BCUT2D eigenvalue weighted by Crippen LogP contribution is -2.63. The number of nitrogens with zero attached hydrogens (tertiary/aromatic N) is 2. The van der Waals surface area contributed by atoms with Crippen LogP contribution in [0.3, 0.4) is 0 Å². The van der Waals surface area contributed by atoms with Crippen molar-refractivity contribution in [1.29, 1.82) is 0 Å². The summed E-state index contributed by atoms with van der Waals surface area (Å²) in [6.45, 7) is 8.67. The monoisotopic (exact) mass is 490 g/mol. The highest BCUT2D eigenvalue weighted by molar-refractivity contribution is 14.0. The van der Waals surface area contributed by atoms with Crippen molar-refractivity contribution in [3.8, 4) is 0 Å². The number of nitrogens with one attached hydrogen (secondary N) is 2. The summed E-state index contributed by atoms with van der Waals surface area (Å²) >= 11 is 0. The molecule has 0 radical (unpaired) electrons. The van der Waals surface area contributed by atoms with E-state index < -0.39 is 5.60 Å². The van der Waals surface area contributed by atoms with E-state index in [0.29, 0.717) is 38.8 Å². The van der Waals surface area contributed by atoms with Crippen molar-refractivity contribution in [2.75, 3.05) is 33.3 Å². The number of hydrogen-bond donors (Lipinski definition) is 2. The van der Waals surface area contributed by atoms with Crippen molar-refractivity contribution in [2.45, 2.75) is 39.0 Å². The maximum atomic E-state index is 11.9. The lowest BCUT2D eigenvalue weighted by molar-refractivity contribution is 0.00700. The number of guanidine groups is 1. The molecule has 0 aliphatic carbocycles. The highest BCUT2D eigenvalue weighted by Gasteiger charge is 2.34. The van der Waals surface area contributed by atoms with Crippen molar-refractivity contribution in [1.82, 2.24) is 15.5 Å². The third-order valence-corrected chi connectivity index (χ3v) is 3.75. The molecule has 1 amide bonds. The van der Waals surface area contributed by atoms with Gasteiger partial charge in [-0.2, -0.15) is 0 Å². The van der Waals surface area contributed by atoms with Gasteiger partial charge in [0.1, 0.15) is 5.60 Å². The minimum Gasteiger partial charge on any atom is -0.444 e. The lowest BCUT2D eigenvalue weighted by Gasteiger charge is -2.40. The average molecular weight is 490 g/mol. The molecular weight excluding hydrogens is 459 g/mol. The van der Waals surface area contributed by atoms with Crippen LogP contribution in [0.4, 0.5) is 4.79 Å². The second-order valence-electron chi connectivity index (χ2n) is 7.26. The smallest absolute Gasteiger partial charge is 0.410 e. The van der Waals surface area contributed by atoms with Crippen LogP contribution in [0.25, 0.3) is 0 Å². The van der Waals surface area contributed by atoms with E-state index in [1.54, 1.807) is 11.9 Å². The minimum absolute atomic E-state index is 0. The molecule has 1 saturated heterocycles. The first-order valence-electron chi connectivity index (χ1n) is 8.94. The molecule has 0 saturated carbocycles. The first-order chi connectivity index (χ1) is 12.4. The van der Waals surface area contributed by atoms with Gasteiger partial charge in [0.25, 0.3) is 0 Å². The molecule has 0 atom stereocenters. The molecule has 1 aromatic carbocycles. The van der Waals surface area contributed by atoms with Crippen LogP contribution in [-0.2, 0) is 16.1 Å². The average Bonchev–Trinajstić information content (AvgIpc) is 2.54. The molecule has 7 nitrogen and oxygen atoms in total. The van der Waals surface area contributed by atoms with Crippen molar-refractivity contribution < 1.29 is 14.3 Å². The third kappa shape index (κ3) is 8.79. The zero-order valence-corrected chi connectivity index (χ0v) is 18.9. The van der Waals surface area contributed by atoms with E-state index in [1.807, 2.05) is 51.1 Å². The summed E-state index contributed by atoms with van der Waals surface area (Å²) in [5, 5.41) is 6.51. The predicted molar refractivity (Wildman–Crippen MR) is 118 cm³/mol. The summed E-state index contributed by atoms with van der Waals surface area (Å²) in [6.07, 6.45) is -0.271. The van der Waals surface area contributed by atoms with Crippen LogP contribution in [0.2, 0.25) is 0 Å². The van der Waals surface area contributed by atoms with Crippen LogP contribution in [0.5, 0.6) is 0 Å². The van der Waals surface area contributed by atoms with E-state index >= 15 is 0 Å². The fourth-order valence-corrected chi connectivity index (χ4v) is 2.44. The van der Waals surface area contributed by atoms with E-state index in [2.05, 4.69) is 15.6 Å². The molecule has 1 heterocycles. The quantitative estimate of drug-likeness (QED) is 0.278. The minimum atomic E-state index is -0.465. The molecule has 8 heteroatoms. The van der Waals surface area contributed by atoms with Gasteiger partial charge in [0, 0.05) is 26.7 Å². The van der Waals surface area contributed by atoms with E-state index in [4.69, 9.17) is 9.47 Å². The Morgan fingerprint density at radius 3 is 2.52 bits per heavy atom. The Morgan fingerprint density at radius 2 is 1.93 bits per heavy atom. The Bertz CT molecular complexity index is 599. The number of rotatable bonds is 6. The number of hydrogen-bond acceptors (Lipinski definition) is 4. The number of likely N-dealkylation sites (tertiary alicyclic amines) is 1. The molecule has 2 rings (SSSR count). The number of halogens is 1. The molecular formula is C19H31IN4O3. The largest absolute Gasteiger partial charge is 0.444 e. The van der Waals surface area contributed by atoms with E-state index in [9.17, 15) is 4.79 Å². The van der Waals surface area contributed by atoms with Crippen molar-refractivity contribution in [2.24, 2.45) is 4.99 Å². The topological polar surface area (TPSA) is 75.2 Å². The normalized spacial score (nSPS) is 14.8. The van der Waals surface area contributed by atoms with Crippen LogP contribution in [0, 0.1) is 0 Å². The molecule has 0 unspecified atom stereocenters. The number of aliphatic imine (C=N–C) groups is 1. The molecule has 2 N–H and O–H groups in total. The summed E-state index contributed by atoms with van der Waals surface area (Å²) in [7, 11) is 1.73. The van der Waals surface area contributed by atoms with Crippen LogP contribution >= 0.6 is 24.0 Å². The number of benzene rings is 1. The molecule has 0 spiro atoms. The highest BCUT2D eigenvalue weighted by Crippen LogP contribution is 2.15. The van der Waals surface area contributed by atoms with E-state index in [0.717, 1.165) is 5.56 Å². The van der Waals surface area contributed by atoms with Crippen LogP contribution in [0.1, 0.15) is 26.3 Å². The predicted octanol–water partition coefficient (Wildman–Crippen LogP) is 2.61. The van der Waals surface area contributed by atoms with Crippen molar-refractivity contribution in [3.63, 3.8) is 0 Å². The van der Waals surface area contributed by atoms with E-state index in [1.165, 1.54) is 0 Å². The SMILES string of the molecule is CN=C(NCCOCc1ccccc1)NC1CN(C(=O)OC(C)(C)C)C1.I. The zero-order chi connectivity index (χ0) is 19.0. The van der Waals surface area contributed by atoms with Gasteiger partial charge >= 0.3 is 6.09 Å². The highest BCUT2D eigenvalue weighted by atomic mass is 127. The molecule has 1 aromatic rings. The standard InChI is InChI=1S/C19H30N4O3.HI/c1-19(2,3)26-18(24)23-12-16(13-23)22-17(20-4)21-10-11-25-14-15-8-6-5-7-9-15;/h5-9,16H,10-14H2,1-4H3,(H2,20,21,22);1H. The Kier molecular flexibility index (Phi) is 9.86. The summed E-state index contributed by atoms with van der Waals surface area (Å²) in [5.74, 6) is 0.710. The van der Waals surface area contributed by atoms with Gasteiger partial charge in [0.05, 0.1) is 19.3 Å². The second kappa shape index (κ2) is 11.3. The first-order valence-corrected chi connectivity index (χ1v) is 8.94. The molecule has 0 aromatic heterocycles. The van der Waals surface area contributed by atoms with Crippen LogP contribution in [0.15, 0.2) is 35.3 Å². The Hall–Kier alpha value is -1.55. The molecule has 1 aliphatic rings. The van der Waals surface area contributed by atoms with Gasteiger partial charge in [-0.1, -0.05) is 30.3 Å². The van der Waals surface area contributed by atoms with Gasteiger partial charge in [-0.25, -0.2) is 4.79 Å². The van der Waals surface area contributed by atoms with Gasteiger partial charge in [-0.05, 0) is 26.3 Å². The zero-order valence-electron chi connectivity index (χ0n) is 16.5. The van der Waals surface area contributed by atoms with Gasteiger partial charge in [0.15, 0.2) is 5.96 Å². The molecule has 0 bridgehead atoms. The van der Waals surface area contributed by atoms with Crippen LogP contribution < -0.4 is 10.6 Å². The van der Waals surface area contributed by atoms with Crippen LogP contribution in [-0.4, -0.2) is 61.9 Å². The van der Waals surface area contributed by atoms with E-state index in [-0.39, 0.29) is 36.1 Å². The summed E-state index contributed by atoms with van der Waals surface area (Å²) in [5.41, 5.74) is 0.694. The molecule has 1 aliphatic heterocycles. The summed E-state index contributed by atoms with van der Waals surface area (Å²) in [4.78, 5) is 17.8. The fraction of sp³-hybridized carbons (Fsp3) is 0.579. The van der Waals surface area contributed by atoms with Crippen molar-refractivity contribution >= 4 is 36.0 Å². The Morgan fingerprint density at radius 1 is 1.26 bits per heavy atom. The second-order valence-corrected chi connectivity index (χ2v) is 7.26. The number of amides is 1. The first kappa shape index (κ1) is 23.5. The number of ether oxygens (including phenoxy) is 2. The molecule has 152 valence electrons. The molecule has 1 fully saturated rings. The molecule has 27 heavy (non-hydrogen) atoms. The maximum Gasteiger partial charge on any atom is 0.410 e. The Balaban J connectivity index is 0.00000364. The summed E-state index contributed by atoms with van der Waals surface area (Å²) in [6, 6.07) is 10.3. The van der Waals surface area contributed by atoms with Gasteiger partial charge in [-0.3, -0.25) is 4.99 Å². The Labute approximate surface area is 178 Å². The number of carbonyl (C=O) groups is 1. The lowest BCUT2D eigenvalue weighted by atomic mass is 10.1. The van der Waals surface area contributed by atoms with Gasteiger partial charge in [0.2, 0.25) is 0 Å². The van der Waals surface area contributed by atoms with Gasteiger partial charge < -0.3 is 25.0 Å².